The van der Waals surface area contributed by atoms with E-state index in [0.29, 0.717) is 12.0 Å². The maximum absolute atomic E-state index is 12.8. The molecule has 1 fully saturated rings. The number of amides is 3. The van der Waals surface area contributed by atoms with Crippen molar-refractivity contribution in [2.45, 2.75) is 18.9 Å². The minimum atomic E-state index is -1.32. The lowest BCUT2D eigenvalue weighted by atomic mass is 9.91. The number of carbonyl (C=O) groups excluding carboxylic acids is 2. The molecule has 1 aliphatic heterocycles. The molecular weight excluding hydrogens is 324 g/mol. The highest BCUT2D eigenvalue weighted by atomic mass is 16.6. The summed E-state index contributed by atoms with van der Waals surface area (Å²) in [6.07, 6.45) is 3.80. The lowest BCUT2D eigenvalue weighted by molar-refractivity contribution is -0.385. The van der Waals surface area contributed by atoms with Crippen molar-refractivity contribution in [3.63, 3.8) is 0 Å². The fourth-order valence-electron chi connectivity index (χ4n) is 2.82. The van der Waals surface area contributed by atoms with Gasteiger partial charge in [-0.05, 0) is 36.6 Å². The molecule has 1 aromatic carbocycles. The first kappa shape index (κ1) is 16.6. The van der Waals surface area contributed by atoms with Crippen molar-refractivity contribution >= 4 is 17.6 Å². The Morgan fingerprint density at radius 3 is 2.64 bits per heavy atom. The smallest absolute Gasteiger partial charge is 0.319 e. The molecule has 1 saturated heterocycles. The van der Waals surface area contributed by atoms with E-state index < -0.39 is 22.4 Å². The van der Waals surface area contributed by atoms with Crippen molar-refractivity contribution in [3.05, 3.63) is 70.0 Å². The summed E-state index contributed by atoms with van der Waals surface area (Å²) < 4.78 is 0. The SMILES string of the molecule is CC1(c2cccc([N+](=O)[O-])c2)NC(=O)N(CCc2ccncc2)C1=O. The Morgan fingerprint density at radius 1 is 1.24 bits per heavy atom. The van der Waals surface area contributed by atoms with Crippen LogP contribution >= 0.6 is 0 Å². The third-order valence-corrected chi connectivity index (χ3v) is 4.28. The molecule has 128 valence electrons. The summed E-state index contributed by atoms with van der Waals surface area (Å²) in [4.78, 5) is 40.6. The highest BCUT2D eigenvalue weighted by molar-refractivity contribution is 6.07. The first-order valence-electron chi connectivity index (χ1n) is 7.70. The van der Waals surface area contributed by atoms with Crippen LogP contribution in [0.5, 0.6) is 0 Å². The van der Waals surface area contributed by atoms with E-state index >= 15 is 0 Å². The van der Waals surface area contributed by atoms with Crippen molar-refractivity contribution in [3.8, 4) is 0 Å². The normalized spacial score (nSPS) is 19.8. The van der Waals surface area contributed by atoms with Crippen molar-refractivity contribution in [1.82, 2.24) is 15.2 Å². The van der Waals surface area contributed by atoms with Gasteiger partial charge in [0.05, 0.1) is 4.92 Å². The number of imide groups is 1. The minimum absolute atomic E-state index is 0.129. The Kier molecular flexibility index (Phi) is 4.18. The van der Waals surface area contributed by atoms with Gasteiger partial charge in [0.2, 0.25) is 0 Å². The molecule has 1 N–H and O–H groups in total. The third kappa shape index (κ3) is 3.06. The number of rotatable bonds is 5. The van der Waals surface area contributed by atoms with Crippen LogP contribution in [0.4, 0.5) is 10.5 Å². The summed E-state index contributed by atoms with van der Waals surface area (Å²) in [6.45, 7) is 1.78. The standard InChI is InChI=1S/C17H16N4O4/c1-17(13-3-2-4-14(11-13)21(24)25)15(22)20(16(23)19-17)10-7-12-5-8-18-9-6-12/h2-6,8-9,11H,7,10H2,1H3,(H,19,23). The molecule has 0 spiro atoms. The van der Waals surface area contributed by atoms with Gasteiger partial charge in [-0.2, -0.15) is 0 Å². The molecule has 2 aromatic rings. The average Bonchev–Trinajstić information content (AvgIpc) is 2.84. The molecule has 0 bridgehead atoms. The Bertz CT molecular complexity index is 840. The van der Waals surface area contributed by atoms with Crippen LogP contribution in [0.1, 0.15) is 18.1 Å². The fraction of sp³-hybridized carbons (Fsp3) is 0.235. The number of non-ortho nitro benzene ring substituents is 1. The van der Waals surface area contributed by atoms with E-state index in [1.807, 2.05) is 12.1 Å². The minimum Gasteiger partial charge on any atom is -0.319 e. The van der Waals surface area contributed by atoms with Gasteiger partial charge in [0.25, 0.3) is 11.6 Å². The van der Waals surface area contributed by atoms with Crippen molar-refractivity contribution in [2.24, 2.45) is 0 Å². The highest BCUT2D eigenvalue weighted by Gasteiger charge is 2.49. The first-order valence-corrected chi connectivity index (χ1v) is 7.70. The molecule has 1 aliphatic rings. The molecular formula is C17H16N4O4. The number of nitro groups is 1. The average molecular weight is 340 g/mol. The van der Waals surface area contributed by atoms with E-state index in [1.165, 1.54) is 18.2 Å². The van der Waals surface area contributed by atoms with Crippen LogP contribution in [-0.2, 0) is 16.8 Å². The largest absolute Gasteiger partial charge is 0.325 e. The van der Waals surface area contributed by atoms with E-state index in [2.05, 4.69) is 10.3 Å². The number of carbonyl (C=O) groups is 2. The zero-order valence-corrected chi connectivity index (χ0v) is 13.5. The van der Waals surface area contributed by atoms with Gasteiger partial charge in [-0.1, -0.05) is 12.1 Å². The van der Waals surface area contributed by atoms with Gasteiger partial charge in [0.15, 0.2) is 0 Å². The van der Waals surface area contributed by atoms with Crippen LogP contribution in [0.15, 0.2) is 48.8 Å². The molecule has 3 rings (SSSR count). The third-order valence-electron chi connectivity index (χ3n) is 4.28. The van der Waals surface area contributed by atoms with Crippen molar-refractivity contribution in [2.75, 3.05) is 6.54 Å². The van der Waals surface area contributed by atoms with Gasteiger partial charge in [0.1, 0.15) is 5.54 Å². The summed E-state index contributed by atoms with van der Waals surface area (Å²) in [5, 5.41) is 13.6. The number of hydrogen-bond acceptors (Lipinski definition) is 5. The second kappa shape index (κ2) is 6.31. The number of hydrogen-bond donors (Lipinski definition) is 1. The molecule has 0 aliphatic carbocycles. The summed E-state index contributed by atoms with van der Waals surface area (Å²) >= 11 is 0. The van der Waals surface area contributed by atoms with Crippen molar-refractivity contribution in [1.29, 1.82) is 0 Å². The van der Waals surface area contributed by atoms with E-state index in [0.717, 1.165) is 10.5 Å². The fourth-order valence-corrected chi connectivity index (χ4v) is 2.82. The number of nitrogens with zero attached hydrogens (tertiary/aromatic N) is 3. The molecule has 1 atom stereocenters. The second-order valence-corrected chi connectivity index (χ2v) is 5.92. The van der Waals surface area contributed by atoms with Gasteiger partial charge < -0.3 is 5.32 Å². The number of pyridine rings is 1. The van der Waals surface area contributed by atoms with Gasteiger partial charge in [0, 0.05) is 31.1 Å². The molecule has 8 heteroatoms. The van der Waals surface area contributed by atoms with Gasteiger partial charge >= 0.3 is 6.03 Å². The van der Waals surface area contributed by atoms with E-state index in [1.54, 1.807) is 25.4 Å². The number of nitro benzene ring substituents is 1. The topological polar surface area (TPSA) is 105 Å². The van der Waals surface area contributed by atoms with Crippen LogP contribution < -0.4 is 5.32 Å². The maximum Gasteiger partial charge on any atom is 0.325 e. The van der Waals surface area contributed by atoms with E-state index in [9.17, 15) is 19.7 Å². The predicted molar refractivity (Wildman–Crippen MR) is 88.6 cm³/mol. The number of nitrogens with one attached hydrogen (secondary N) is 1. The van der Waals surface area contributed by atoms with Crippen LogP contribution in [0, 0.1) is 10.1 Å². The number of benzene rings is 1. The molecule has 1 aromatic heterocycles. The van der Waals surface area contributed by atoms with Crippen molar-refractivity contribution < 1.29 is 14.5 Å². The van der Waals surface area contributed by atoms with E-state index in [4.69, 9.17) is 0 Å². The number of urea groups is 1. The molecule has 2 heterocycles. The Morgan fingerprint density at radius 2 is 1.96 bits per heavy atom. The highest BCUT2D eigenvalue weighted by Crippen LogP contribution is 2.30. The predicted octanol–water partition coefficient (Wildman–Crippen LogP) is 2.00. The molecule has 25 heavy (non-hydrogen) atoms. The van der Waals surface area contributed by atoms with Crippen LogP contribution in [0.25, 0.3) is 0 Å². The summed E-state index contributed by atoms with van der Waals surface area (Å²) in [7, 11) is 0. The Balaban J connectivity index is 1.82. The Labute approximate surface area is 143 Å². The van der Waals surface area contributed by atoms with Crippen LogP contribution in [-0.4, -0.2) is 33.3 Å². The van der Waals surface area contributed by atoms with E-state index in [-0.39, 0.29) is 12.2 Å². The summed E-state index contributed by atoms with van der Waals surface area (Å²) in [5.41, 5.74) is -0.108. The van der Waals surface area contributed by atoms with Gasteiger partial charge in [-0.3, -0.25) is 24.8 Å². The van der Waals surface area contributed by atoms with Gasteiger partial charge in [-0.25, -0.2) is 4.79 Å². The molecule has 0 saturated carbocycles. The number of aromatic nitrogens is 1. The quantitative estimate of drug-likeness (QED) is 0.509. The summed E-state index contributed by atoms with van der Waals surface area (Å²) in [6, 6.07) is 8.87. The monoisotopic (exact) mass is 340 g/mol. The second-order valence-electron chi connectivity index (χ2n) is 5.92. The van der Waals surface area contributed by atoms with Gasteiger partial charge in [-0.15, -0.1) is 0 Å². The lowest BCUT2D eigenvalue weighted by Gasteiger charge is -2.22. The maximum atomic E-state index is 12.8. The molecule has 0 radical (unpaired) electrons. The zero-order chi connectivity index (χ0) is 18.0. The van der Waals surface area contributed by atoms with Crippen LogP contribution in [0.2, 0.25) is 0 Å². The molecule has 1 unspecified atom stereocenters. The zero-order valence-electron chi connectivity index (χ0n) is 13.5. The van der Waals surface area contributed by atoms with Crippen LogP contribution in [0.3, 0.4) is 0 Å². The molecule has 3 amide bonds. The lowest BCUT2D eigenvalue weighted by Crippen LogP contribution is -2.41. The Hall–Kier alpha value is -3.29. The summed E-state index contributed by atoms with van der Waals surface area (Å²) in [5.74, 6) is -0.424. The molecule has 8 nitrogen and oxygen atoms in total. The first-order chi connectivity index (χ1) is 11.9.